The average molecular weight is 376 g/mol. The molecule has 0 unspecified atom stereocenters. The lowest BCUT2D eigenvalue weighted by Gasteiger charge is -2.34. The Morgan fingerprint density at radius 3 is 2.58 bits per heavy atom. The number of aryl methyl sites for hydroxylation is 1. The SMILES string of the molecule is COc1cc(Cl)c(C)cc1Nc1cc(N2CCN(C(C)=O)CC2)ncn1. The Labute approximate surface area is 157 Å². The molecule has 1 N–H and O–H groups in total. The van der Waals surface area contributed by atoms with Crippen molar-refractivity contribution in [1.29, 1.82) is 0 Å². The fourth-order valence-electron chi connectivity index (χ4n) is 2.91. The highest BCUT2D eigenvalue weighted by Gasteiger charge is 2.20. The minimum absolute atomic E-state index is 0.111. The van der Waals surface area contributed by atoms with Crippen LogP contribution in [0.5, 0.6) is 5.75 Å². The second-order valence-corrected chi connectivity index (χ2v) is 6.59. The number of methoxy groups -OCH3 is 1. The summed E-state index contributed by atoms with van der Waals surface area (Å²) in [4.78, 5) is 24.1. The predicted molar refractivity (Wildman–Crippen MR) is 103 cm³/mol. The summed E-state index contributed by atoms with van der Waals surface area (Å²) in [6, 6.07) is 5.60. The van der Waals surface area contributed by atoms with Gasteiger partial charge in [-0.15, -0.1) is 0 Å². The molecule has 1 aliphatic rings. The maximum absolute atomic E-state index is 11.5. The summed E-state index contributed by atoms with van der Waals surface area (Å²) in [7, 11) is 1.60. The molecule has 1 aromatic carbocycles. The summed E-state index contributed by atoms with van der Waals surface area (Å²) in [6.07, 6.45) is 1.53. The van der Waals surface area contributed by atoms with Gasteiger partial charge in [-0.05, 0) is 18.6 Å². The topological polar surface area (TPSA) is 70.6 Å². The third-order valence-corrected chi connectivity index (χ3v) is 4.85. The number of nitrogens with one attached hydrogen (secondary N) is 1. The number of amides is 1. The first-order chi connectivity index (χ1) is 12.5. The lowest BCUT2D eigenvalue weighted by molar-refractivity contribution is -0.129. The van der Waals surface area contributed by atoms with Crippen LogP contribution in [0.1, 0.15) is 12.5 Å². The smallest absolute Gasteiger partial charge is 0.219 e. The van der Waals surface area contributed by atoms with Gasteiger partial charge in [0.1, 0.15) is 23.7 Å². The highest BCUT2D eigenvalue weighted by molar-refractivity contribution is 6.31. The van der Waals surface area contributed by atoms with Gasteiger partial charge in [0.15, 0.2) is 0 Å². The minimum Gasteiger partial charge on any atom is -0.495 e. The van der Waals surface area contributed by atoms with E-state index in [2.05, 4.69) is 20.2 Å². The molecule has 0 radical (unpaired) electrons. The van der Waals surface area contributed by atoms with Crippen LogP contribution in [-0.4, -0.2) is 54.1 Å². The van der Waals surface area contributed by atoms with Crippen molar-refractivity contribution >= 4 is 34.8 Å². The summed E-state index contributed by atoms with van der Waals surface area (Å²) >= 11 is 6.16. The quantitative estimate of drug-likeness (QED) is 0.886. The summed E-state index contributed by atoms with van der Waals surface area (Å²) in [5.74, 6) is 2.26. The fraction of sp³-hybridized carbons (Fsp3) is 0.389. The van der Waals surface area contributed by atoms with Gasteiger partial charge >= 0.3 is 0 Å². The first kappa shape index (κ1) is 18.3. The third kappa shape index (κ3) is 3.99. The number of piperazine rings is 1. The van der Waals surface area contributed by atoms with Crippen LogP contribution in [0, 0.1) is 6.92 Å². The predicted octanol–water partition coefficient (Wildman–Crippen LogP) is 2.86. The lowest BCUT2D eigenvalue weighted by Crippen LogP contribution is -2.48. The van der Waals surface area contributed by atoms with E-state index >= 15 is 0 Å². The lowest BCUT2D eigenvalue weighted by atomic mass is 10.2. The van der Waals surface area contributed by atoms with Gasteiger partial charge in [-0.1, -0.05) is 11.6 Å². The second kappa shape index (κ2) is 7.78. The number of aromatic nitrogens is 2. The average Bonchev–Trinajstić information content (AvgIpc) is 2.65. The van der Waals surface area contributed by atoms with Gasteiger partial charge < -0.3 is 19.9 Å². The molecule has 1 aliphatic heterocycles. The molecule has 7 nitrogen and oxygen atoms in total. The van der Waals surface area contributed by atoms with Crippen molar-refractivity contribution < 1.29 is 9.53 Å². The Morgan fingerprint density at radius 2 is 1.92 bits per heavy atom. The van der Waals surface area contributed by atoms with Gasteiger partial charge in [-0.3, -0.25) is 4.79 Å². The Kier molecular flexibility index (Phi) is 5.46. The van der Waals surface area contributed by atoms with Crippen LogP contribution in [0.3, 0.4) is 0 Å². The van der Waals surface area contributed by atoms with E-state index in [-0.39, 0.29) is 5.91 Å². The van der Waals surface area contributed by atoms with Crippen LogP contribution < -0.4 is 15.0 Å². The van der Waals surface area contributed by atoms with Crippen LogP contribution in [0.25, 0.3) is 0 Å². The van der Waals surface area contributed by atoms with Crippen LogP contribution in [0.2, 0.25) is 5.02 Å². The molecular formula is C18H22ClN5O2. The number of nitrogens with zero attached hydrogens (tertiary/aromatic N) is 4. The zero-order chi connectivity index (χ0) is 18.7. The molecule has 0 saturated carbocycles. The van der Waals surface area contributed by atoms with Crippen molar-refractivity contribution in [1.82, 2.24) is 14.9 Å². The van der Waals surface area contributed by atoms with E-state index < -0.39 is 0 Å². The molecule has 8 heteroatoms. The van der Waals surface area contributed by atoms with Gasteiger partial charge in [0.05, 0.1) is 12.8 Å². The number of hydrogen-bond acceptors (Lipinski definition) is 6. The first-order valence-corrected chi connectivity index (χ1v) is 8.79. The maximum Gasteiger partial charge on any atom is 0.219 e. The number of hydrogen-bond donors (Lipinski definition) is 1. The largest absolute Gasteiger partial charge is 0.495 e. The molecular weight excluding hydrogens is 354 g/mol. The molecule has 3 rings (SSSR count). The van der Waals surface area contributed by atoms with E-state index in [1.807, 2.05) is 24.0 Å². The highest BCUT2D eigenvalue weighted by atomic mass is 35.5. The molecule has 1 saturated heterocycles. The Balaban J connectivity index is 1.76. The van der Waals surface area contributed by atoms with Crippen molar-refractivity contribution in [2.45, 2.75) is 13.8 Å². The molecule has 26 heavy (non-hydrogen) atoms. The van der Waals surface area contributed by atoms with Crippen molar-refractivity contribution in [2.24, 2.45) is 0 Å². The molecule has 1 amide bonds. The van der Waals surface area contributed by atoms with E-state index in [1.165, 1.54) is 6.33 Å². The number of carbonyl (C=O) groups excluding carboxylic acids is 1. The van der Waals surface area contributed by atoms with E-state index in [4.69, 9.17) is 16.3 Å². The Hall–Kier alpha value is -2.54. The van der Waals surface area contributed by atoms with E-state index in [0.29, 0.717) is 29.7 Å². The van der Waals surface area contributed by atoms with Crippen LogP contribution in [-0.2, 0) is 4.79 Å². The first-order valence-electron chi connectivity index (χ1n) is 8.41. The summed E-state index contributed by atoms with van der Waals surface area (Å²) in [5.41, 5.74) is 1.74. The summed E-state index contributed by atoms with van der Waals surface area (Å²) in [5, 5.41) is 3.92. The second-order valence-electron chi connectivity index (χ2n) is 6.18. The molecule has 0 spiro atoms. The number of rotatable bonds is 4. The van der Waals surface area contributed by atoms with Crippen LogP contribution in [0.4, 0.5) is 17.3 Å². The third-order valence-electron chi connectivity index (χ3n) is 4.45. The van der Waals surface area contributed by atoms with E-state index in [9.17, 15) is 4.79 Å². The van der Waals surface area contributed by atoms with Gasteiger partial charge in [0.25, 0.3) is 0 Å². The molecule has 0 aliphatic carbocycles. The van der Waals surface area contributed by atoms with E-state index in [0.717, 1.165) is 30.2 Å². The molecule has 2 heterocycles. The highest BCUT2D eigenvalue weighted by Crippen LogP contribution is 2.33. The minimum atomic E-state index is 0.111. The Morgan fingerprint density at radius 1 is 1.19 bits per heavy atom. The zero-order valence-electron chi connectivity index (χ0n) is 15.1. The van der Waals surface area contributed by atoms with Gasteiger partial charge in [-0.25, -0.2) is 9.97 Å². The van der Waals surface area contributed by atoms with Gasteiger partial charge in [0.2, 0.25) is 5.91 Å². The van der Waals surface area contributed by atoms with Crippen LogP contribution in [0.15, 0.2) is 24.5 Å². The standard InChI is InChI=1S/C18H22ClN5O2/c1-12-8-15(16(26-3)9-14(12)19)22-17-10-18(21-11-20-17)24-6-4-23(5-7-24)13(2)25/h8-11H,4-7H2,1-3H3,(H,20,21,22). The summed E-state index contributed by atoms with van der Waals surface area (Å²) in [6.45, 7) is 6.44. The van der Waals surface area contributed by atoms with Crippen LogP contribution >= 0.6 is 11.6 Å². The molecule has 138 valence electrons. The maximum atomic E-state index is 11.5. The van der Waals surface area contributed by atoms with Gasteiger partial charge in [-0.2, -0.15) is 0 Å². The van der Waals surface area contributed by atoms with Crippen molar-refractivity contribution in [3.05, 3.63) is 35.1 Å². The summed E-state index contributed by atoms with van der Waals surface area (Å²) < 4.78 is 5.40. The number of ether oxygens (including phenoxy) is 1. The molecule has 0 atom stereocenters. The zero-order valence-corrected chi connectivity index (χ0v) is 15.9. The molecule has 2 aromatic rings. The van der Waals surface area contributed by atoms with Crippen molar-refractivity contribution in [2.75, 3.05) is 43.5 Å². The monoisotopic (exact) mass is 375 g/mol. The fourth-order valence-corrected chi connectivity index (χ4v) is 3.06. The van der Waals surface area contributed by atoms with Crippen molar-refractivity contribution in [3.8, 4) is 5.75 Å². The van der Waals surface area contributed by atoms with Crippen molar-refractivity contribution in [3.63, 3.8) is 0 Å². The van der Waals surface area contributed by atoms with E-state index in [1.54, 1.807) is 20.1 Å². The number of halogens is 1. The Bertz CT molecular complexity index is 806. The molecule has 0 bridgehead atoms. The number of anilines is 3. The molecule has 1 aromatic heterocycles. The van der Waals surface area contributed by atoms with Gasteiger partial charge in [0, 0.05) is 50.3 Å². The number of carbonyl (C=O) groups is 1. The normalized spacial score (nSPS) is 14.3. The number of benzene rings is 1. The molecule has 1 fully saturated rings.